The molecule has 25 heavy (non-hydrogen) atoms. The SMILES string of the molecule is CC1CN(C(=O)NCc2cnn3ccccc23)Cc2ccccc2O1. The molecular formula is C19H20N4O2. The first-order valence-electron chi connectivity index (χ1n) is 8.39. The summed E-state index contributed by atoms with van der Waals surface area (Å²) in [4.78, 5) is 14.5. The fourth-order valence-electron chi connectivity index (χ4n) is 3.15. The number of pyridine rings is 1. The molecule has 2 aromatic heterocycles. The lowest BCUT2D eigenvalue weighted by Gasteiger charge is -2.22. The number of benzene rings is 1. The second-order valence-corrected chi connectivity index (χ2v) is 6.28. The number of carbonyl (C=O) groups excluding carboxylic acids is 1. The van der Waals surface area contributed by atoms with Gasteiger partial charge in [-0.25, -0.2) is 9.31 Å². The van der Waals surface area contributed by atoms with E-state index in [0.717, 1.165) is 22.4 Å². The van der Waals surface area contributed by atoms with Gasteiger partial charge in [0.1, 0.15) is 11.9 Å². The number of hydrogen-bond donors (Lipinski definition) is 1. The number of urea groups is 1. The van der Waals surface area contributed by atoms with Crippen LogP contribution in [0.4, 0.5) is 4.79 Å². The molecule has 0 spiro atoms. The van der Waals surface area contributed by atoms with Crippen molar-refractivity contribution in [2.24, 2.45) is 0 Å². The van der Waals surface area contributed by atoms with E-state index in [1.807, 2.05) is 55.6 Å². The molecule has 6 nitrogen and oxygen atoms in total. The molecule has 1 aliphatic heterocycles. The van der Waals surface area contributed by atoms with Gasteiger partial charge in [-0.1, -0.05) is 24.3 Å². The summed E-state index contributed by atoms with van der Waals surface area (Å²) in [5.74, 6) is 0.855. The molecule has 0 saturated carbocycles. The van der Waals surface area contributed by atoms with Crippen LogP contribution in [0.2, 0.25) is 0 Å². The highest BCUT2D eigenvalue weighted by atomic mass is 16.5. The van der Waals surface area contributed by atoms with Crippen LogP contribution >= 0.6 is 0 Å². The molecular weight excluding hydrogens is 316 g/mol. The number of fused-ring (bicyclic) bond motifs is 2. The Kier molecular flexibility index (Phi) is 4.01. The van der Waals surface area contributed by atoms with Crippen LogP contribution in [-0.4, -0.2) is 33.2 Å². The molecule has 0 bridgehead atoms. The Morgan fingerprint density at radius 1 is 1.28 bits per heavy atom. The molecule has 1 unspecified atom stereocenters. The summed E-state index contributed by atoms with van der Waals surface area (Å²) < 4.78 is 7.72. The summed E-state index contributed by atoms with van der Waals surface area (Å²) in [5, 5.41) is 7.30. The second kappa shape index (κ2) is 6.47. The molecule has 1 aliphatic rings. The smallest absolute Gasteiger partial charge is 0.318 e. The Balaban J connectivity index is 1.47. The zero-order valence-corrected chi connectivity index (χ0v) is 14.1. The Hall–Kier alpha value is -3.02. The zero-order chi connectivity index (χ0) is 17.2. The number of amides is 2. The van der Waals surface area contributed by atoms with Crippen molar-refractivity contribution in [1.82, 2.24) is 19.8 Å². The van der Waals surface area contributed by atoms with Crippen LogP contribution in [0.25, 0.3) is 5.52 Å². The lowest BCUT2D eigenvalue weighted by molar-refractivity contribution is 0.158. The standard InChI is InChI=1S/C19H20N4O2/c1-14-12-22(13-15-6-2-3-8-18(15)25-14)19(24)20-10-16-11-21-23-9-5-4-7-17(16)23/h2-9,11,14H,10,12-13H2,1H3,(H,20,24). The first-order valence-corrected chi connectivity index (χ1v) is 8.39. The number of hydrogen-bond acceptors (Lipinski definition) is 3. The maximum atomic E-state index is 12.7. The van der Waals surface area contributed by atoms with Gasteiger partial charge in [-0.15, -0.1) is 0 Å². The van der Waals surface area contributed by atoms with Gasteiger partial charge in [0.2, 0.25) is 0 Å². The predicted molar refractivity (Wildman–Crippen MR) is 94.4 cm³/mol. The number of aromatic nitrogens is 2. The highest BCUT2D eigenvalue weighted by Gasteiger charge is 2.23. The number of carbonyl (C=O) groups is 1. The van der Waals surface area contributed by atoms with Gasteiger partial charge in [-0.2, -0.15) is 5.10 Å². The molecule has 3 heterocycles. The normalized spacial score (nSPS) is 16.8. The Bertz CT molecular complexity index is 905. The van der Waals surface area contributed by atoms with Crippen molar-refractivity contribution in [2.75, 3.05) is 6.54 Å². The topological polar surface area (TPSA) is 58.9 Å². The summed E-state index contributed by atoms with van der Waals surface area (Å²) in [6, 6.07) is 13.7. The largest absolute Gasteiger partial charge is 0.489 e. The van der Waals surface area contributed by atoms with Crippen LogP contribution in [-0.2, 0) is 13.1 Å². The maximum Gasteiger partial charge on any atom is 0.318 e. The minimum Gasteiger partial charge on any atom is -0.489 e. The van der Waals surface area contributed by atoms with Crippen LogP contribution < -0.4 is 10.1 Å². The van der Waals surface area contributed by atoms with Gasteiger partial charge in [0.15, 0.2) is 0 Å². The lowest BCUT2D eigenvalue weighted by atomic mass is 10.2. The molecule has 6 heteroatoms. The van der Waals surface area contributed by atoms with E-state index in [9.17, 15) is 4.79 Å². The van der Waals surface area contributed by atoms with E-state index in [1.165, 1.54) is 0 Å². The van der Waals surface area contributed by atoms with Gasteiger partial charge in [0.05, 0.1) is 24.8 Å². The molecule has 0 aliphatic carbocycles. The van der Waals surface area contributed by atoms with Gasteiger partial charge < -0.3 is 15.0 Å². The van der Waals surface area contributed by atoms with E-state index in [0.29, 0.717) is 19.6 Å². The van der Waals surface area contributed by atoms with Crippen molar-refractivity contribution in [3.05, 3.63) is 66.0 Å². The third-order valence-electron chi connectivity index (χ3n) is 4.36. The van der Waals surface area contributed by atoms with E-state index in [-0.39, 0.29) is 12.1 Å². The molecule has 1 N–H and O–H groups in total. The van der Waals surface area contributed by atoms with Gasteiger partial charge in [-0.3, -0.25) is 0 Å². The molecule has 2 amide bonds. The fourth-order valence-corrected chi connectivity index (χ4v) is 3.15. The number of rotatable bonds is 2. The molecule has 3 aromatic rings. The van der Waals surface area contributed by atoms with Crippen LogP contribution in [0.3, 0.4) is 0 Å². The molecule has 0 fully saturated rings. The van der Waals surface area contributed by atoms with Crippen LogP contribution in [0.1, 0.15) is 18.1 Å². The van der Waals surface area contributed by atoms with Crippen LogP contribution in [0.15, 0.2) is 54.9 Å². The first kappa shape index (κ1) is 15.5. The molecule has 0 radical (unpaired) electrons. The van der Waals surface area contributed by atoms with Crippen molar-refractivity contribution in [3.8, 4) is 5.75 Å². The summed E-state index contributed by atoms with van der Waals surface area (Å²) in [6.45, 7) is 3.52. The molecule has 4 rings (SSSR count). The molecule has 1 aromatic carbocycles. The van der Waals surface area contributed by atoms with E-state index in [2.05, 4.69) is 10.4 Å². The van der Waals surface area contributed by atoms with Crippen LogP contribution in [0, 0.1) is 0 Å². The summed E-state index contributed by atoms with van der Waals surface area (Å²) >= 11 is 0. The predicted octanol–water partition coefficient (Wildman–Crippen LogP) is 2.83. The summed E-state index contributed by atoms with van der Waals surface area (Å²) in [7, 11) is 0. The Morgan fingerprint density at radius 3 is 3.04 bits per heavy atom. The number of nitrogens with zero attached hydrogens (tertiary/aromatic N) is 3. The number of para-hydroxylation sites is 1. The highest BCUT2D eigenvalue weighted by molar-refractivity contribution is 5.75. The molecule has 1 atom stereocenters. The zero-order valence-electron chi connectivity index (χ0n) is 14.1. The third-order valence-corrected chi connectivity index (χ3v) is 4.36. The minimum atomic E-state index is -0.0950. The van der Waals surface area contributed by atoms with Crippen molar-refractivity contribution in [1.29, 1.82) is 0 Å². The van der Waals surface area contributed by atoms with Gasteiger partial charge in [-0.05, 0) is 25.1 Å². The molecule has 128 valence electrons. The molecule has 0 saturated heterocycles. The Morgan fingerprint density at radius 2 is 2.12 bits per heavy atom. The first-order chi connectivity index (χ1) is 12.2. The minimum absolute atomic E-state index is 0.0497. The number of nitrogens with one attached hydrogen (secondary N) is 1. The van der Waals surface area contributed by atoms with E-state index < -0.39 is 0 Å². The quantitative estimate of drug-likeness (QED) is 0.783. The third kappa shape index (κ3) is 3.15. The highest BCUT2D eigenvalue weighted by Crippen LogP contribution is 2.24. The van der Waals surface area contributed by atoms with E-state index >= 15 is 0 Å². The van der Waals surface area contributed by atoms with Crippen molar-refractivity contribution in [2.45, 2.75) is 26.1 Å². The number of ether oxygens (including phenoxy) is 1. The second-order valence-electron chi connectivity index (χ2n) is 6.28. The van der Waals surface area contributed by atoms with Gasteiger partial charge in [0.25, 0.3) is 0 Å². The van der Waals surface area contributed by atoms with Gasteiger partial charge >= 0.3 is 6.03 Å². The van der Waals surface area contributed by atoms with Crippen molar-refractivity contribution < 1.29 is 9.53 Å². The van der Waals surface area contributed by atoms with E-state index in [4.69, 9.17) is 4.74 Å². The summed E-state index contributed by atoms with van der Waals surface area (Å²) in [5.41, 5.74) is 3.02. The lowest BCUT2D eigenvalue weighted by Crippen LogP contribution is -2.42. The summed E-state index contributed by atoms with van der Waals surface area (Å²) in [6.07, 6.45) is 3.64. The van der Waals surface area contributed by atoms with Crippen molar-refractivity contribution >= 4 is 11.5 Å². The average molecular weight is 336 g/mol. The van der Waals surface area contributed by atoms with Gasteiger partial charge in [0, 0.05) is 23.9 Å². The van der Waals surface area contributed by atoms with Crippen molar-refractivity contribution in [3.63, 3.8) is 0 Å². The van der Waals surface area contributed by atoms with Crippen LogP contribution in [0.5, 0.6) is 5.75 Å². The maximum absolute atomic E-state index is 12.7. The Labute approximate surface area is 146 Å². The monoisotopic (exact) mass is 336 g/mol. The van der Waals surface area contributed by atoms with E-state index in [1.54, 1.807) is 15.6 Å². The average Bonchev–Trinajstić information content (AvgIpc) is 2.95. The fraction of sp³-hybridized carbons (Fsp3) is 0.263.